The van der Waals surface area contributed by atoms with Crippen molar-refractivity contribution in [2.24, 2.45) is 0 Å². The topological polar surface area (TPSA) is 136 Å². The van der Waals surface area contributed by atoms with Crippen molar-refractivity contribution in [3.05, 3.63) is 11.8 Å². The number of likely N-dealkylation sites (N-methyl/N-ethyl adjacent to an activating group) is 1. The number of carboxylic acids is 2. The molecule has 0 spiro atoms. The summed E-state index contributed by atoms with van der Waals surface area (Å²) >= 11 is 0. The molecule has 0 radical (unpaired) electrons. The van der Waals surface area contributed by atoms with Gasteiger partial charge in [0.2, 0.25) is 5.91 Å². The number of rotatable bonds is 4. The first kappa shape index (κ1) is 20.6. The van der Waals surface area contributed by atoms with Gasteiger partial charge in [0.05, 0.1) is 6.04 Å². The Hall–Kier alpha value is -2.46. The molecule has 0 aliphatic carbocycles. The van der Waals surface area contributed by atoms with Crippen molar-refractivity contribution in [3.8, 4) is 0 Å². The van der Waals surface area contributed by atoms with Crippen LogP contribution in [-0.4, -0.2) is 81.8 Å². The van der Waals surface area contributed by atoms with E-state index in [0.717, 1.165) is 32.7 Å². The molecule has 140 valence electrons. The summed E-state index contributed by atoms with van der Waals surface area (Å²) in [7, 11) is 0. The minimum atomic E-state index is -1.82. The SMILES string of the molecule is CCN1CCN(C(C)C(=O)Nc2cc(C)on2)CC1.O=C(O)C(=O)O. The van der Waals surface area contributed by atoms with Crippen LogP contribution >= 0.6 is 0 Å². The molecule has 0 aromatic carbocycles. The highest BCUT2D eigenvalue weighted by Gasteiger charge is 2.25. The molecule has 1 aromatic heterocycles. The summed E-state index contributed by atoms with van der Waals surface area (Å²) in [5.74, 6) is -2.50. The van der Waals surface area contributed by atoms with Gasteiger partial charge >= 0.3 is 11.9 Å². The fourth-order valence-corrected chi connectivity index (χ4v) is 2.29. The molecule has 1 aromatic rings. The number of carbonyl (C=O) groups is 3. The van der Waals surface area contributed by atoms with Crippen molar-refractivity contribution in [3.63, 3.8) is 0 Å². The summed E-state index contributed by atoms with van der Waals surface area (Å²) in [4.78, 5) is 34.9. The molecule has 1 aliphatic rings. The largest absolute Gasteiger partial charge is 0.473 e. The first-order chi connectivity index (χ1) is 11.7. The molecule has 1 atom stereocenters. The van der Waals surface area contributed by atoms with Crippen molar-refractivity contribution in [2.45, 2.75) is 26.8 Å². The number of aromatic nitrogens is 1. The number of piperazine rings is 1. The zero-order valence-corrected chi connectivity index (χ0v) is 14.6. The number of carbonyl (C=O) groups excluding carboxylic acids is 1. The van der Waals surface area contributed by atoms with Crippen molar-refractivity contribution in [1.29, 1.82) is 0 Å². The van der Waals surface area contributed by atoms with Crippen LogP contribution in [0.15, 0.2) is 10.6 Å². The monoisotopic (exact) mass is 356 g/mol. The van der Waals surface area contributed by atoms with Crippen LogP contribution in [0.5, 0.6) is 0 Å². The highest BCUT2D eigenvalue weighted by atomic mass is 16.5. The average Bonchev–Trinajstić information content (AvgIpc) is 2.99. The Morgan fingerprint density at radius 3 is 2.20 bits per heavy atom. The first-order valence-electron chi connectivity index (χ1n) is 7.91. The van der Waals surface area contributed by atoms with E-state index in [0.29, 0.717) is 11.6 Å². The van der Waals surface area contributed by atoms with Gasteiger partial charge in [0.25, 0.3) is 0 Å². The number of amides is 1. The molecule has 1 fully saturated rings. The van der Waals surface area contributed by atoms with Gasteiger partial charge < -0.3 is 25.0 Å². The molecule has 0 saturated carbocycles. The van der Waals surface area contributed by atoms with Gasteiger partial charge in [-0.15, -0.1) is 0 Å². The number of hydrogen-bond acceptors (Lipinski definition) is 7. The maximum atomic E-state index is 12.1. The van der Waals surface area contributed by atoms with Crippen LogP contribution in [0.3, 0.4) is 0 Å². The van der Waals surface area contributed by atoms with Crippen molar-refractivity contribution in [1.82, 2.24) is 15.0 Å². The molecule has 0 bridgehead atoms. The zero-order valence-electron chi connectivity index (χ0n) is 14.6. The van der Waals surface area contributed by atoms with Crippen LogP contribution in [0.25, 0.3) is 0 Å². The van der Waals surface area contributed by atoms with Crippen LogP contribution in [0.2, 0.25) is 0 Å². The lowest BCUT2D eigenvalue weighted by molar-refractivity contribution is -0.159. The van der Waals surface area contributed by atoms with E-state index >= 15 is 0 Å². The summed E-state index contributed by atoms with van der Waals surface area (Å²) in [5.41, 5.74) is 0. The van der Waals surface area contributed by atoms with E-state index in [2.05, 4.69) is 27.2 Å². The third-order valence-electron chi connectivity index (χ3n) is 3.84. The molecule has 1 aliphatic heterocycles. The van der Waals surface area contributed by atoms with Gasteiger partial charge in [0.1, 0.15) is 5.76 Å². The Balaban J connectivity index is 0.000000450. The lowest BCUT2D eigenvalue weighted by Gasteiger charge is -2.36. The maximum Gasteiger partial charge on any atom is 0.414 e. The van der Waals surface area contributed by atoms with E-state index in [1.807, 2.05) is 6.92 Å². The van der Waals surface area contributed by atoms with Gasteiger partial charge in [-0.1, -0.05) is 12.1 Å². The Morgan fingerprint density at radius 2 is 1.80 bits per heavy atom. The Labute approximate surface area is 145 Å². The van der Waals surface area contributed by atoms with Crippen molar-refractivity contribution >= 4 is 23.7 Å². The van der Waals surface area contributed by atoms with Gasteiger partial charge in [-0.3, -0.25) is 9.69 Å². The van der Waals surface area contributed by atoms with E-state index in [9.17, 15) is 4.79 Å². The predicted octanol–water partition coefficient (Wildman–Crippen LogP) is 0.103. The first-order valence-corrected chi connectivity index (χ1v) is 7.91. The predicted molar refractivity (Wildman–Crippen MR) is 88.3 cm³/mol. The summed E-state index contributed by atoms with van der Waals surface area (Å²) in [6.07, 6.45) is 0. The Bertz CT molecular complexity index is 583. The Kier molecular flexibility index (Phi) is 8.02. The Morgan fingerprint density at radius 1 is 1.24 bits per heavy atom. The molecule has 10 heteroatoms. The standard InChI is InChI=1S/C13H22N4O2.C2H2O4/c1-4-16-5-7-17(8-6-16)11(3)13(18)14-12-9-10(2)19-15-12;3-1(4)2(5)6/h9,11H,4-8H2,1-3H3,(H,14,15,18);(H,3,4)(H,5,6). The fraction of sp³-hybridized carbons (Fsp3) is 0.600. The molecule has 1 saturated heterocycles. The lowest BCUT2D eigenvalue weighted by atomic mass is 10.2. The van der Waals surface area contributed by atoms with E-state index < -0.39 is 11.9 Å². The molecule has 1 amide bonds. The highest BCUT2D eigenvalue weighted by molar-refractivity contribution is 6.27. The number of hydrogen-bond donors (Lipinski definition) is 3. The molecular formula is C15H24N4O6. The van der Waals surface area contributed by atoms with Gasteiger partial charge in [-0.25, -0.2) is 9.59 Å². The molecule has 10 nitrogen and oxygen atoms in total. The summed E-state index contributed by atoms with van der Waals surface area (Å²) in [6, 6.07) is 1.58. The number of carboxylic acid groups (broad SMARTS) is 2. The third kappa shape index (κ3) is 6.89. The van der Waals surface area contributed by atoms with Crippen LogP contribution in [0.1, 0.15) is 19.6 Å². The second kappa shape index (κ2) is 9.74. The van der Waals surface area contributed by atoms with E-state index in [-0.39, 0.29) is 11.9 Å². The van der Waals surface area contributed by atoms with Crippen molar-refractivity contribution in [2.75, 3.05) is 38.0 Å². The molecule has 2 heterocycles. The van der Waals surface area contributed by atoms with Crippen LogP contribution < -0.4 is 5.32 Å². The summed E-state index contributed by atoms with van der Waals surface area (Å²) in [6.45, 7) is 10.9. The second-order valence-electron chi connectivity index (χ2n) is 5.57. The number of anilines is 1. The third-order valence-corrected chi connectivity index (χ3v) is 3.84. The smallest absolute Gasteiger partial charge is 0.414 e. The minimum absolute atomic E-state index is 0.0294. The van der Waals surface area contributed by atoms with Crippen molar-refractivity contribution < 1.29 is 29.1 Å². The summed E-state index contributed by atoms with van der Waals surface area (Å²) in [5, 5.41) is 21.3. The minimum Gasteiger partial charge on any atom is -0.473 e. The van der Waals surface area contributed by atoms with E-state index in [4.69, 9.17) is 24.3 Å². The molecule has 1 unspecified atom stereocenters. The van der Waals surface area contributed by atoms with E-state index in [1.165, 1.54) is 0 Å². The second-order valence-corrected chi connectivity index (χ2v) is 5.57. The number of nitrogens with one attached hydrogen (secondary N) is 1. The van der Waals surface area contributed by atoms with Crippen LogP contribution in [0.4, 0.5) is 5.82 Å². The number of nitrogens with zero attached hydrogens (tertiary/aromatic N) is 3. The highest BCUT2D eigenvalue weighted by Crippen LogP contribution is 2.11. The molecule has 25 heavy (non-hydrogen) atoms. The van der Waals surface area contributed by atoms with Gasteiger partial charge in [-0.2, -0.15) is 0 Å². The molecule has 2 rings (SSSR count). The van der Waals surface area contributed by atoms with Crippen LogP contribution in [-0.2, 0) is 14.4 Å². The molecule has 3 N–H and O–H groups in total. The molecular weight excluding hydrogens is 332 g/mol. The van der Waals surface area contributed by atoms with Gasteiger partial charge in [0, 0.05) is 32.2 Å². The maximum absolute atomic E-state index is 12.1. The number of aliphatic carboxylic acids is 2. The van der Waals surface area contributed by atoms with E-state index in [1.54, 1.807) is 13.0 Å². The zero-order chi connectivity index (χ0) is 19.0. The van der Waals surface area contributed by atoms with Crippen LogP contribution in [0, 0.1) is 6.92 Å². The normalized spacial score (nSPS) is 16.4. The van der Waals surface area contributed by atoms with Gasteiger partial charge in [0.15, 0.2) is 5.82 Å². The average molecular weight is 356 g/mol. The fourth-order valence-electron chi connectivity index (χ4n) is 2.29. The lowest BCUT2D eigenvalue weighted by Crippen LogP contribution is -2.52. The summed E-state index contributed by atoms with van der Waals surface area (Å²) < 4.78 is 4.93. The number of aryl methyl sites for hydroxylation is 1. The quantitative estimate of drug-likeness (QED) is 0.642. The van der Waals surface area contributed by atoms with Gasteiger partial charge in [-0.05, 0) is 20.4 Å².